The standard InChI is InChI=1S/C21H19ClN2O2S2/c1-13-15(7-10-27-13)20(25)23-14-5-6-16(17(22)12-14)21(26)24-9-3-2-4-19-18(24)8-11-28-19/h5-8,10-12H,2-4,9H2,1H3,(H,23,25). The Kier molecular flexibility index (Phi) is 5.53. The monoisotopic (exact) mass is 430 g/mol. The number of rotatable bonds is 3. The van der Waals surface area contributed by atoms with Crippen LogP contribution in [-0.2, 0) is 6.42 Å². The lowest BCUT2D eigenvalue weighted by atomic mass is 10.1. The van der Waals surface area contributed by atoms with Gasteiger partial charge in [-0.25, -0.2) is 0 Å². The Morgan fingerprint density at radius 1 is 1.07 bits per heavy atom. The molecule has 0 spiro atoms. The fourth-order valence-corrected chi connectivity index (χ4v) is 5.26. The lowest BCUT2D eigenvalue weighted by molar-refractivity contribution is 0.0986. The van der Waals surface area contributed by atoms with E-state index in [1.165, 1.54) is 16.2 Å². The van der Waals surface area contributed by atoms with Crippen molar-refractivity contribution in [2.45, 2.75) is 26.2 Å². The Hall–Kier alpha value is -2.15. The first-order valence-corrected chi connectivity index (χ1v) is 11.2. The summed E-state index contributed by atoms with van der Waals surface area (Å²) in [5.41, 5.74) is 2.67. The summed E-state index contributed by atoms with van der Waals surface area (Å²) >= 11 is 9.65. The Bertz CT molecular complexity index is 1040. The van der Waals surface area contributed by atoms with Gasteiger partial charge in [0.25, 0.3) is 11.8 Å². The van der Waals surface area contributed by atoms with Crippen LogP contribution in [0.25, 0.3) is 0 Å². The molecule has 7 heteroatoms. The number of amides is 2. The van der Waals surface area contributed by atoms with Crippen LogP contribution in [0.3, 0.4) is 0 Å². The molecule has 0 aliphatic carbocycles. The highest BCUT2D eigenvalue weighted by Gasteiger charge is 2.25. The van der Waals surface area contributed by atoms with Gasteiger partial charge in [-0.15, -0.1) is 22.7 Å². The minimum Gasteiger partial charge on any atom is -0.322 e. The van der Waals surface area contributed by atoms with E-state index in [1.54, 1.807) is 35.6 Å². The van der Waals surface area contributed by atoms with Crippen molar-refractivity contribution in [3.63, 3.8) is 0 Å². The average molecular weight is 431 g/mol. The van der Waals surface area contributed by atoms with Gasteiger partial charge in [0.2, 0.25) is 0 Å². The molecule has 2 aromatic heterocycles. The van der Waals surface area contributed by atoms with Crippen molar-refractivity contribution in [1.82, 2.24) is 0 Å². The Morgan fingerprint density at radius 2 is 1.89 bits per heavy atom. The maximum absolute atomic E-state index is 13.2. The third-order valence-electron chi connectivity index (χ3n) is 4.85. The van der Waals surface area contributed by atoms with Gasteiger partial charge in [0.15, 0.2) is 0 Å². The van der Waals surface area contributed by atoms with Crippen LogP contribution in [0.4, 0.5) is 11.4 Å². The zero-order chi connectivity index (χ0) is 19.7. The van der Waals surface area contributed by atoms with E-state index in [0.717, 1.165) is 29.8 Å². The molecule has 1 aliphatic rings. The zero-order valence-electron chi connectivity index (χ0n) is 15.3. The molecule has 0 saturated heterocycles. The summed E-state index contributed by atoms with van der Waals surface area (Å²) in [4.78, 5) is 29.6. The van der Waals surface area contributed by atoms with Crippen molar-refractivity contribution in [1.29, 1.82) is 0 Å². The predicted molar refractivity (Wildman–Crippen MR) is 117 cm³/mol. The summed E-state index contributed by atoms with van der Waals surface area (Å²) in [5.74, 6) is -0.276. The van der Waals surface area contributed by atoms with Crippen molar-refractivity contribution in [3.05, 3.63) is 67.0 Å². The molecular weight excluding hydrogens is 412 g/mol. The molecule has 3 heterocycles. The summed E-state index contributed by atoms with van der Waals surface area (Å²) in [6.07, 6.45) is 3.06. The first-order chi connectivity index (χ1) is 13.5. The van der Waals surface area contributed by atoms with Crippen molar-refractivity contribution in [2.24, 2.45) is 0 Å². The molecule has 1 aliphatic heterocycles. The molecule has 0 unspecified atom stereocenters. The highest BCUT2D eigenvalue weighted by Crippen LogP contribution is 2.33. The highest BCUT2D eigenvalue weighted by atomic mass is 35.5. The number of fused-ring (bicyclic) bond motifs is 1. The fraction of sp³-hybridized carbons (Fsp3) is 0.238. The largest absolute Gasteiger partial charge is 0.322 e. The fourth-order valence-electron chi connectivity index (χ4n) is 3.38. The SMILES string of the molecule is Cc1sccc1C(=O)Nc1ccc(C(=O)N2CCCCc3sccc32)c(Cl)c1. The smallest absolute Gasteiger partial charge is 0.259 e. The van der Waals surface area contributed by atoms with Gasteiger partial charge < -0.3 is 10.2 Å². The number of benzene rings is 1. The minimum absolute atomic E-state index is 0.0990. The summed E-state index contributed by atoms with van der Waals surface area (Å²) in [5, 5.41) is 7.11. The third kappa shape index (κ3) is 3.72. The number of nitrogens with one attached hydrogen (secondary N) is 1. The molecule has 0 atom stereocenters. The van der Waals surface area contributed by atoms with Crippen molar-refractivity contribution < 1.29 is 9.59 Å². The minimum atomic E-state index is -0.177. The van der Waals surface area contributed by atoms with Gasteiger partial charge in [-0.1, -0.05) is 11.6 Å². The number of anilines is 2. The van der Waals surface area contributed by atoms with Crippen LogP contribution in [0.2, 0.25) is 5.02 Å². The van der Waals surface area contributed by atoms with Crippen LogP contribution >= 0.6 is 34.3 Å². The van der Waals surface area contributed by atoms with Gasteiger partial charge in [0.05, 0.1) is 21.8 Å². The van der Waals surface area contributed by atoms with Crippen molar-refractivity contribution in [2.75, 3.05) is 16.8 Å². The van der Waals surface area contributed by atoms with Gasteiger partial charge in [-0.05, 0) is 67.3 Å². The molecule has 0 bridgehead atoms. The van der Waals surface area contributed by atoms with E-state index < -0.39 is 0 Å². The van der Waals surface area contributed by atoms with E-state index >= 15 is 0 Å². The summed E-state index contributed by atoms with van der Waals surface area (Å²) in [6, 6.07) is 8.87. The van der Waals surface area contributed by atoms with Crippen LogP contribution in [0.1, 0.15) is 43.3 Å². The molecule has 144 valence electrons. The number of carbonyl (C=O) groups excluding carboxylic acids is 2. The van der Waals surface area contributed by atoms with Crippen molar-refractivity contribution in [3.8, 4) is 0 Å². The second-order valence-electron chi connectivity index (χ2n) is 6.68. The van der Waals surface area contributed by atoms with Crippen LogP contribution < -0.4 is 10.2 Å². The molecule has 0 fully saturated rings. The van der Waals surface area contributed by atoms with Gasteiger partial charge in [0, 0.05) is 22.0 Å². The number of nitrogens with zero attached hydrogens (tertiary/aromatic N) is 1. The van der Waals surface area contributed by atoms with Crippen LogP contribution in [0.5, 0.6) is 0 Å². The zero-order valence-corrected chi connectivity index (χ0v) is 17.7. The Labute approximate surface area is 176 Å². The number of hydrogen-bond donors (Lipinski definition) is 1. The van der Waals surface area contributed by atoms with Gasteiger partial charge in [0.1, 0.15) is 0 Å². The lowest BCUT2D eigenvalue weighted by Gasteiger charge is -2.22. The Morgan fingerprint density at radius 3 is 2.64 bits per heavy atom. The summed E-state index contributed by atoms with van der Waals surface area (Å²) < 4.78 is 0. The first kappa shape index (κ1) is 19.2. The summed E-state index contributed by atoms with van der Waals surface area (Å²) in [6.45, 7) is 2.60. The van der Waals surface area contributed by atoms with Crippen molar-refractivity contribution >= 4 is 57.5 Å². The molecular formula is C21H19ClN2O2S2. The summed E-state index contributed by atoms with van der Waals surface area (Å²) in [7, 11) is 0. The molecule has 0 radical (unpaired) electrons. The molecule has 28 heavy (non-hydrogen) atoms. The first-order valence-electron chi connectivity index (χ1n) is 9.08. The second kappa shape index (κ2) is 8.07. The molecule has 2 amide bonds. The van der Waals surface area contributed by atoms with Crippen LogP contribution in [0, 0.1) is 6.92 Å². The number of hydrogen-bond acceptors (Lipinski definition) is 4. The maximum Gasteiger partial charge on any atom is 0.259 e. The van der Waals surface area contributed by atoms with E-state index in [0.29, 0.717) is 28.4 Å². The predicted octanol–water partition coefficient (Wildman–Crippen LogP) is 6.01. The normalized spacial score (nSPS) is 13.7. The number of halogens is 1. The molecule has 4 rings (SSSR count). The molecule has 4 nitrogen and oxygen atoms in total. The van der Waals surface area contributed by atoms with E-state index in [9.17, 15) is 9.59 Å². The third-order valence-corrected chi connectivity index (χ3v) is 6.98. The molecule has 3 aromatic rings. The number of carbonyl (C=O) groups is 2. The highest BCUT2D eigenvalue weighted by molar-refractivity contribution is 7.10. The Balaban J connectivity index is 1.56. The topological polar surface area (TPSA) is 49.4 Å². The van der Waals surface area contributed by atoms with E-state index in [1.807, 2.05) is 28.7 Å². The van der Waals surface area contributed by atoms with Gasteiger partial charge in [-0.3, -0.25) is 9.59 Å². The van der Waals surface area contributed by atoms with E-state index in [-0.39, 0.29) is 11.8 Å². The maximum atomic E-state index is 13.2. The van der Waals surface area contributed by atoms with Crippen LogP contribution in [-0.4, -0.2) is 18.4 Å². The second-order valence-corrected chi connectivity index (χ2v) is 9.21. The number of aryl methyl sites for hydroxylation is 2. The lowest BCUT2D eigenvalue weighted by Crippen LogP contribution is -2.31. The average Bonchev–Trinajstić information content (AvgIpc) is 3.26. The van der Waals surface area contributed by atoms with E-state index in [2.05, 4.69) is 5.32 Å². The molecule has 0 saturated carbocycles. The number of thiophene rings is 2. The van der Waals surface area contributed by atoms with Gasteiger partial charge in [-0.2, -0.15) is 0 Å². The van der Waals surface area contributed by atoms with Gasteiger partial charge >= 0.3 is 0 Å². The molecule has 1 N–H and O–H groups in total. The van der Waals surface area contributed by atoms with E-state index in [4.69, 9.17) is 11.6 Å². The quantitative estimate of drug-likeness (QED) is 0.553. The molecule has 1 aromatic carbocycles. The van der Waals surface area contributed by atoms with Crippen LogP contribution in [0.15, 0.2) is 41.1 Å².